The molecule has 0 amide bonds. The Hall–Kier alpha value is -1.35. The first-order valence-electron chi connectivity index (χ1n) is 5.35. The molecule has 3 nitrogen and oxygen atoms in total. The molecule has 1 aromatic carbocycles. The van der Waals surface area contributed by atoms with Gasteiger partial charge in [-0.3, -0.25) is 4.79 Å². The molecule has 0 saturated carbocycles. The number of ketones is 1. The number of ether oxygens (including phenoxy) is 1. The predicted molar refractivity (Wildman–Crippen MR) is 62.9 cm³/mol. The van der Waals surface area contributed by atoms with Crippen molar-refractivity contribution in [2.24, 2.45) is 0 Å². The molecule has 0 spiro atoms. The smallest absolute Gasteiger partial charge is 0.159 e. The van der Waals surface area contributed by atoms with Crippen LogP contribution >= 0.6 is 0 Å². The van der Waals surface area contributed by atoms with E-state index >= 15 is 0 Å². The molecule has 88 valence electrons. The molecule has 0 aliphatic rings. The zero-order valence-electron chi connectivity index (χ0n) is 9.99. The maximum absolute atomic E-state index is 11.2. The number of aliphatic hydroxyl groups excluding tert-OH is 1. The van der Waals surface area contributed by atoms with Crippen LogP contribution in [0.5, 0.6) is 5.75 Å². The summed E-state index contributed by atoms with van der Waals surface area (Å²) >= 11 is 0. The van der Waals surface area contributed by atoms with Crippen LogP contribution in [-0.4, -0.2) is 23.1 Å². The van der Waals surface area contributed by atoms with Crippen molar-refractivity contribution in [3.63, 3.8) is 0 Å². The number of aliphatic hydroxyl groups is 1. The molecule has 3 heteroatoms. The van der Waals surface area contributed by atoms with E-state index in [1.807, 2.05) is 19.9 Å². The van der Waals surface area contributed by atoms with Gasteiger partial charge in [0.15, 0.2) is 5.78 Å². The van der Waals surface area contributed by atoms with Crippen LogP contribution in [0.25, 0.3) is 0 Å². The second kappa shape index (κ2) is 5.12. The van der Waals surface area contributed by atoms with E-state index in [0.29, 0.717) is 17.7 Å². The van der Waals surface area contributed by atoms with Crippen molar-refractivity contribution < 1.29 is 14.6 Å². The highest BCUT2D eigenvalue weighted by atomic mass is 16.5. The van der Waals surface area contributed by atoms with E-state index in [1.54, 1.807) is 18.2 Å². The van der Waals surface area contributed by atoms with Gasteiger partial charge in [0.05, 0.1) is 0 Å². The predicted octanol–water partition coefficient (Wildman–Crippen LogP) is 2.43. The quantitative estimate of drug-likeness (QED) is 0.778. The van der Waals surface area contributed by atoms with Crippen LogP contribution in [0, 0.1) is 0 Å². The molecular weight excluding hydrogens is 204 g/mol. The molecule has 1 rings (SSSR count). The summed E-state index contributed by atoms with van der Waals surface area (Å²) in [5.41, 5.74) is 0.210. The third kappa shape index (κ3) is 3.66. The molecule has 16 heavy (non-hydrogen) atoms. The maximum Gasteiger partial charge on any atom is 0.159 e. The van der Waals surface area contributed by atoms with Crippen molar-refractivity contribution in [1.82, 2.24) is 0 Å². The van der Waals surface area contributed by atoms with E-state index in [1.165, 1.54) is 6.92 Å². The molecule has 0 bridgehead atoms. The molecule has 0 aliphatic carbocycles. The van der Waals surface area contributed by atoms with Crippen molar-refractivity contribution in [1.29, 1.82) is 0 Å². The molecule has 0 aliphatic heterocycles. The van der Waals surface area contributed by atoms with E-state index in [9.17, 15) is 4.79 Å². The van der Waals surface area contributed by atoms with Gasteiger partial charge in [-0.1, -0.05) is 12.1 Å². The van der Waals surface area contributed by atoms with Gasteiger partial charge in [-0.2, -0.15) is 0 Å². The Kier molecular flexibility index (Phi) is 4.07. The summed E-state index contributed by atoms with van der Waals surface area (Å²) in [4.78, 5) is 11.2. The molecule has 0 saturated heterocycles. The standard InChI is InChI=1S/C13H18O3/c1-10(15)11-5-4-6-12(9-11)16-13(2,3)7-8-14/h4-6,9,14H,7-8H2,1-3H3. The lowest BCUT2D eigenvalue weighted by Gasteiger charge is -2.25. The minimum Gasteiger partial charge on any atom is -0.488 e. The summed E-state index contributed by atoms with van der Waals surface area (Å²) in [6, 6.07) is 7.09. The first-order valence-corrected chi connectivity index (χ1v) is 5.35. The number of benzene rings is 1. The van der Waals surface area contributed by atoms with Gasteiger partial charge in [0, 0.05) is 18.6 Å². The third-order valence-corrected chi connectivity index (χ3v) is 2.35. The minimum atomic E-state index is -0.426. The Morgan fingerprint density at radius 1 is 1.44 bits per heavy atom. The molecular formula is C13H18O3. The number of carbonyl (C=O) groups excluding carboxylic acids is 1. The second-order valence-corrected chi connectivity index (χ2v) is 4.42. The van der Waals surface area contributed by atoms with Crippen molar-refractivity contribution in [2.75, 3.05) is 6.61 Å². The van der Waals surface area contributed by atoms with E-state index in [2.05, 4.69) is 0 Å². The van der Waals surface area contributed by atoms with Crippen LogP contribution in [0.15, 0.2) is 24.3 Å². The average Bonchev–Trinajstić information content (AvgIpc) is 2.17. The first kappa shape index (κ1) is 12.7. The Bertz CT molecular complexity index is 369. The van der Waals surface area contributed by atoms with Gasteiger partial charge in [0.1, 0.15) is 11.4 Å². The van der Waals surface area contributed by atoms with Crippen LogP contribution in [0.3, 0.4) is 0 Å². The van der Waals surface area contributed by atoms with Crippen LogP contribution in [0.1, 0.15) is 37.6 Å². The summed E-state index contributed by atoms with van der Waals surface area (Å²) in [6.45, 7) is 5.42. The fraction of sp³-hybridized carbons (Fsp3) is 0.462. The maximum atomic E-state index is 11.2. The molecule has 0 aromatic heterocycles. The third-order valence-electron chi connectivity index (χ3n) is 2.35. The van der Waals surface area contributed by atoms with E-state index < -0.39 is 5.60 Å². The molecule has 1 aromatic rings. The lowest BCUT2D eigenvalue weighted by atomic mass is 10.1. The van der Waals surface area contributed by atoms with E-state index in [0.717, 1.165) is 0 Å². The lowest BCUT2D eigenvalue weighted by molar-refractivity contribution is 0.0761. The average molecular weight is 222 g/mol. The monoisotopic (exact) mass is 222 g/mol. The summed E-state index contributed by atoms with van der Waals surface area (Å²) in [5, 5.41) is 8.89. The first-order chi connectivity index (χ1) is 7.44. The SMILES string of the molecule is CC(=O)c1cccc(OC(C)(C)CCO)c1. The van der Waals surface area contributed by atoms with Crippen LogP contribution in [-0.2, 0) is 0 Å². The zero-order chi connectivity index (χ0) is 12.2. The minimum absolute atomic E-state index is 0.0189. The fourth-order valence-electron chi connectivity index (χ4n) is 1.42. The highest BCUT2D eigenvalue weighted by molar-refractivity contribution is 5.94. The van der Waals surface area contributed by atoms with Gasteiger partial charge >= 0.3 is 0 Å². The number of rotatable bonds is 5. The fourth-order valence-corrected chi connectivity index (χ4v) is 1.42. The van der Waals surface area contributed by atoms with Crippen molar-refractivity contribution >= 4 is 5.78 Å². The topological polar surface area (TPSA) is 46.5 Å². The molecule has 0 atom stereocenters. The van der Waals surface area contributed by atoms with Gasteiger partial charge in [-0.15, -0.1) is 0 Å². The molecule has 0 unspecified atom stereocenters. The molecule has 0 heterocycles. The summed E-state index contributed by atoms with van der Waals surface area (Å²) in [6.07, 6.45) is 0.553. The number of hydrogen-bond donors (Lipinski definition) is 1. The van der Waals surface area contributed by atoms with Crippen molar-refractivity contribution in [2.45, 2.75) is 32.8 Å². The number of carbonyl (C=O) groups is 1. The van der Waals surface area contributed by atoms with Gasteiger partial charge in [-0.25, -0.2) is 0 Å². The van der Waals surface area contributed by atoms with Crippen LogP contribution in [0.4, 0.5) is 0 Å². The Labute approximate surface area is 96.1 Å². The number of hydrogen-bond acceptors (Lipinski definition) is 3. The largest absolute Gasteiger partial charge is 0.488 e. The Balaban J connectivity index is 2.81. The number of Topliss-reactive ketones (excluding diaryl/α,β-unsaturated/α-hetero) is 1. The molecule has 1 N–H and O–H groups in total. The van der Waals surface area contributed by atoms with Gasteiger partial charge < -0.3 is 9.84 Å². The molecule has 0 radical (unpaired) electrons. The lowest BCUT2D eigenvalue weighted by Crippen LogP contribution is -2.29. The normalized spacial score (nSPS) is 11.2. The van der Waals surface area contributed by atoms with Crippen molar-refractivity contribution in [3.05, 3.63) is 29.8 Å². The Morgan fingerprint density at radius 2 is 2.12 bits per heavy atom. The van der Waals surface area contributed by atoms with Gasteiger partial charge in [0.25, 0.3) is 0 Å². The van der Waals surface area contributed by atoms with E-state index in [-0.39, 0.29) is 12.4 Å². The van der Waals surface area contributed by atoms with E-state index in [4.69, 9.17) is 9.84 Å². The molecule has 0 fully saturated rings. The Morgan fingerprint density at radius 3 is 2.69 bits per heavy atom. The van der Waals surface area contributed by atoms with Crippen molar-refractivity contribution in [3.8, 4) is 5.75 Å². The summed E-state index contributed by atoms with van der Waals surface area (Å²) in [7, 11) is 0. The highest BCUT2D eigenvalue weighted by Crippen LogP contribution is 2.21. The van der Waals surface area contributed by atoms with Gasteiger partial charge in [0.2, 0.25) is 0 Å². The summed E-state index contributed by atoms with van der Waals surface area (Å²) in [5.74, 6) is 0.677. The van der Waals surface area contributed by atoms with Crippen LogP contribution < -0.4 is 4.74 Å². The second-order valence-electron chi connectivity index (χ2n) is 4.42. The highest BCUT2D eigenvalue weighted by Gasteiger charge is 2.19. The van der Waals surface area contributed by atoms with Crippen LogP contribution in [0.2, 0.25) is 0 Å². The summed E-state index contributed by atoms with van der Waals surface area (Å²) < 4.78 is 5.72. The van der Waals surface area contributed by atoms with Gasteiger partial charge in [-0.05, 0) is 32.9 Å². The zero-order valence-corrected chi connectivity index (χ0v) is 9.99.